The SMILES string of the molecule is CNC(C#N)(COc1ccc(C)cc1C)c1ccccc1. The lowest BCUT2D eigenvalue weighted by atomic mass is 9.92. The van der Waals surface area contributed by atoms with Crippen molar-refractivity contribution in [3.63, 3.8) is 0 Å². The fraction of sp³-hybridized carbons (Fsp3) is 0.278. The molecule has 0 aliphatic carbocycles. The normalized spacial score (nSPS) is 13.2. The summed E-state index contributed by atoms with van der Waals surface area (Å²) >= 11 is 0. The lowest BCUT2D eigenvalue weighted by molar-refractivity contribution is 0.230. The molecule has 2 rings (SSSR count). The Bertz CT molecular complexity index is 646. The molecular formula is C18H20N2O. The van der Waals surface area contributed by atoms with Gasteiger partial charge in [0.2, 0.25) is 0 Å². The lowest BCUT2D eigenvalue weighted by Crippen LogP contribution is -2.44. The molecule has 1 unspecified atom stereocenters. The first-order chi connectivity index (χ1) is 10.1. The van der Waals surface area contributed by atoms with Gasteiger partial charge in [-0.05, 0) is 38.1 Å². The van der Waals surface area contributed by atoms with E-state index in [4.69, 9.17) is 4.74 Å². The van der Waals surface area contributed by atoms with Crippen LogP contribution in [-0.4, -0.2) is 13.7 Å². The van der Waals surface area contributed by atoms with Crippen molar-refractivity contribution >= 4 is 0 Å². The highest BCUT2D eigenvalue weighted by atomic mass is 16.5. The number of hydrogen-bond donors (Lipinski definition) is 1. The second kappa shape index (κ2) is 6.43. The Morgan fingerprint density at radius 1 is 1.14 bits per heavy atom. The van der Waals surface area contributed by atoms with Gasteiger partial charge in [0.25, 0.3) is 0 Å². The summed E-state index contributed by atoms with van der Waals surface area (Å²) in [6, 6.07) is 18.0. The molecule has 0 aromatic heterocycles. The van der Waals surface area contributed by atoms with E-state index in [0.717, 1.165) is 16.9 Å². The third kappa shape index (κ3) is 3.24. The minimum atomic E-state index is -0.849. The van der Waals surface area contributed by atoms with Crippen LogP contribution in [0.5, 0.6) is 5.75 Å². The van der Waals surface area contributed by atoms with Crippen LogP contribution in [0.4, 0.5) is 0 Å². The topological polar surface area (TPSA) is 45.0 Å². The maximum atomic E-state index is 9.63. The number of nitrogens with zero attached hydrogens (tertiary/aromatic N) is 1. The van der Waals surface area contributed by atoms with Crippen molar-refractivity contribution in [2.24, 2.45) is 0 Å². The molecular weight excluding hydrogens is 260 g/mol. The van der Waals surface area contributed by atoms with Crippen LogP contribution in [-0.2, 0) is 5.54 Å². The second-order valence-electron chi connectivity index (χ2n) is 5.19. The van der Waals surface area contributed by atoms with Crippen LogP contribution in [0.25, 0.3) is 0 Å². The van der Waals surface area contributed by atoms with Crippen LogP contribution in [0, 0.1) is 25.2 Å². The average molecular weight is 280 g/mol. The molecule has 3 heteroatoms. The summed E-state index contributed by atoms with van der Waals surface area (Å²) in [6.45, 7) is 4.32. The van der Waals surface area contributed by atoms with Gasteiger partial charge in [-0.25, -0.2) is 0 Å². The fourth-order valence-electron chi connectivity index (χ4n) is 2.32. The summed E-state index contributed by atoms with van der Waals surface area (Å²) in [5, 5.41) is 12.7. The lowest BCUT2D eigenvalue weighted by Gasteiger charge is -2.27. The highest BCUT2D eigenvalue weighted by molar-refractivity contribution is 5.37. The number of aryl methyl sites for hydroxylation is 2. The minimum absolute atomic E-state index is 0.258. The molecule has 0 aliphatic rings. The predicted octanol–water partition coefficient (Wildman–Crippen LogP) is 3.32. The van der Waals surface area contributed by atoms with E-state index in [1.807, 2.05) is 56.3 Å². The Labute approximate surface area is 126 Å². The molecule has 0 saturated heterocycles. The summed E-state index contributed by atoms with van der Waals surface area (Å²) in [6.07, 6.45) is 0. The largest absolute Gasteiger partial charge is 0.490 e. The van der Waals surface area contributed by atoms with Crippen LogP contribution in [0.15, 0.2) is 48.5 Å². The van der Waals surface area contributed by atoms with Crippen LogP contribution in [0.1, 0.15) is 16.7 Å². The Balaban J connectivity index is 2.24. The third-order valence-electron chi connectivity index (χ3n) is 3.66. The number of rotatable bonds is 5. The van der Waals surface area contributed by atoms with Crippen molar-refractivity contribution in [1.29, 1.82) is 5.26 Å². The van der Waals surface area contributed by atoms with Gasteiger partial charge in [-0.3, -0.25) is 5.32 Å². The van der Waals surface area contributed by atoms with Crippen LogP contribution < -0.4 is 10.1 Å². The van der Waals surface area contributed by atoms with Gasteiger partial charge in [0.05, 0.1) is 6.07 Å². The van der Waals surface area contributed by atoms with Crippen LogP contribution in [0.2, 0.25) is 0 Å². The summed E-state index contributed by atoms with van der Waals surface area (Å²) in [7, 11) is 1.78. The smallest absolute Gasteiger partial charge is 0.166 e. The van der Waals surface area contributed by atoms with Gasteiger partial charge < -0.3 is 4.74 Å². The first-order valence-electron chi connectivity index (χ1n) is 6.97. The number of ether oxygens (including phenoxy) is 1. The van der Waals surface area contributed by atoms with Gasteiger partial charge in [-0.2, -0.15) is 5.26 Å². The van der Waals surface area contributed by atoms with E-state index < -0.39 is 5.54 Å². The molecule has 0 aliphatic heterocycles. The highest BCUT2D eigenvalue weighted by Crippen LogP contribution is 2.24. The van der Waals surface area contributed by atoms with Crippen molar-refractivity contribution in [3.8, 4) is 11.8 Å². The van der Waals surface area contributed by atoms with E-state index in [2.05, 4.69) is 17.5 Å². The van der Waals surface area contributed by atoms with Crippen molar-refractivity contribution in [2.75, 3.05) is 13.7 Å². The minimum Gasteiger partial charge on any atom is -0.490 e. The van der Waals surface area contributed by atoms with Gasteiger partial charge in [0, 0.05) is 0 Å². The molecule has 0 heterocycles. The van der Waals surface area contributed by atoms with E-state index in [1.165, 1.54) is 5.56 Å². The highest BCUT2D eigenvalue weighted by Gasteiger charge is 2.31. The first kappa shape index (κ1) is 15.1. The number of nitrogens with one attached hydrogen (secondary N) is 1. The van der Waals surface area contributed by atoms with E-state index in [-0.39, 0.29) is 6.61 Å². The molecule has 0 spiro atoms. The standard InChI is InChI=1S/C18H20N2O/c1-14-9-10-17(15(2)11-14)21-13-18(12-19,20-3)16-7-5-4-6-8-16/h4-11,20H,13H2,1-3H3. The molecule has 0 saturated carbocycles. The maximum Gasteiger partial charge on any atom is 0.166 e. The van der Waals surface area contributed by atoms with Crippen molar-refractivity contribution in [2.45, 2.75) is 19.4 Å². The molecule has 1 atom stereocenters. The van der Waals surface area contributed by atoms with Crippen LogP contribution >= 0.6 is 0 Å². The summed E-state index contributed by atoms with van der Waals surface area (Å²) in [4.78, 5) is 0. The summed E-state index contributed by atoms with van der Waals surface area (Å²) in [5.74, 6) is 0.811. The number of hydrogen-bond acceptors (Lipinski definition) is 3. The number of likely N-dealkylation sites (N-methyl/N-ethyl adjacent to an activating group) is 1. The first-order valence-corrected chi connectivity index (χ1v) is 6.97. The zero-order valence-electron chi connectivity index (χ0n) is 12.7. The van der Waals surface area contributed by atoms with Crippen molar-refractivity contribution < 1.29 is 4.74 Å². The fourth-order valence-corrected chi connectivity index (χ4v) is 2.32. The predicted molar refractivity (Wildman–Crippen MR) is 84.2 cm³/mol. The van der Waals surface area contributed by atoms with E-state index in [0.29, 0.717) is 0 Å². The average Bonchev–Trinajstić information content (AvgIpc) is 2.51. The Morgan fingerprint density at radius 2 is 1.86 bits per heavy atom. The Kier molecular flexibility index (Phi) is 4.62. The molecule has 0 amide bonds. The monoisotopic (exact) mass is 280 g/mol. The summed E-state index contributed by atoms with van der Waals surface area (Å²) < 4.78 is 5.91. The molecule has 108 valence electrons. The van der Waals surface area contributed by atoms with E-state index >= 15 is 0 Å². The molecule has 2 aromatic carbocycles. The van der Waals surface area contributed by atoms with Crippen molar-refractivity contribution in [1.82, 2.24) is 5.32 Å². The number of nitriles is 1. The van der Waals surface area contributed by atoms with Crippen LogP contribution in [0.3, 0.4) is 0 Å². The molecule has 1 N–H and O–H groups in total. The molecule has 0 radical (unpaired) electrons. The van der Waals surface area contributed by atoms with E-state index in [1.54, 1.807) is 7.05 Å². The van der Waals surface area contributed by atoms with Gasteiger partial charge in [0.1, 0.15) is 12.4 Å². The molecule has 21 heavy (non-hydrogen) atoms. The zero-order chi connectivity index (χ0) is 15.3. The van der Waals surface area contributed by atoms with Gasteiger partial charge in [0.15, 0.2) is 5.54 Å². The van der Waals surface area contributed by atoms with Gasteiger partial charge in [-0.1, -0.05) is 48.0 Å². The molecule has 0 fully saturated rings. The van der Waals surface area contributed by atoms with Gasteiger partial charge >= 0.3 is 0 Å². The second-order valence-corrected chi connectivity index (χ2v) is 5.19. The quantitative estimate of drug-likeness (QED) is 0.913. The zero-order valence-corrected chi connectivity index (χ0v) is 12.7. The number of benzene rings is 2. The van der Waals surface area contributed by atoms with E-state index in [9.17, 15) is 5.26 Å². The molecule has 2 aromatic rings. The Hall–Kier alpha value is -2.31. The maximum absolute atomic E-state index is 9.63. The Morgan fingerprint density at radius 3 is 2.43 bits per heavy atom. The third-order valence-corrected chi connectivity index (χ3v) is 3.66. The summed E-state index contributed by atoms with van der Waals surface area (Å²) in [5.41, 5.74) is 2.33. The molecule has 0 bridgehead atoms. The van der Waals surface area contributed by atoms with Gasteiger partial charge in [-0.15, -0.1) is 0 Å². The molecule has 3 nitrogen and oxygen atoms in total. The van der Waals surface area contributed by atoms with Crippen molar-refractivity contribution in [3.05, 3.63) is 65.2 Å².